The number of methoxy groups -OCH3 is 1. The van der Waals surface area contributed by atoms with E-state index in [-0.39, 0.29) is 5.56 Å². The third-order valence-electron chi connectivity index (χ3n) is 3.71. The lowest BCUT2D eigenvalue weighted by atomic mass is 9.92. The first-order valence-electron chi connectivity index (χ1n) is 7.30. The molecule has 0 amide bonds. The standard InChI is InChI=1S/C17H13BF6O2/c1-17(25-2,13-6-4-11(20)8-15(13)22)9-16(26-18(23)24)12-5-3-10(19)7-14(12)21/h3-9H,1-2H3/b16-9-. The van der Waals surface area contributed by atoms with Gasteiger partial charge in [0.15, 0.2) is 0 Å². The lowest BCUT2D eigenvalue weighted by Gasteiger charge is -2.27. The average Bonchev–Trinajstić information content (AvgIpc) is 2.53. The predicted molar refractivity (Wildman–Crippen MR) is 84.1 cm³/mol. The van der Waals surface area contributed by atoms with Gasteiger partial charge in [-0.25, -0.2) is 26.2 Å². The molecule has 0 N–H and O–H groups in total. The van der Waals surface area contributed by atoms with Gasteiger partial charge < -0.3 is 9.39 Å². The maximum absolute atomic E-state index is 14.1. The number of hydrogen-bond acceptors (Lipinski definition) is 2. The summed E-state index contributed by atoms with van der Waals surface area (Å²) in [5.74, 6) is -4.61. The summed E-state index contributed by atoms with van der Waals surface area (Å²) in [6, 6.07) is 4.84. The average molecular weight is 374 g/mol. The SMILES string of the molecule is COC(C)(/C=C(\OB(F)F)c1ccc(F)cc1F)c1ccc(F)cc1F. The summed E-state index contributed by atoms with van der Waals surface area (Å²) in [5, 5.41) is 0. The number of ether oxygens (including phenoxy) is 1. The normalized spacial score (nSPS) is 14.1. The van der Waals surface area contributed by atoms with Crippen molar-refractivity contribution in [3.05, 3.63) is 76.9 Å². The van der Waals surface area contributed by atoms with Crippen LogP contribution in [0.15, 0.2) is 42.5 Å². The van der Waals surface area contributed by atoms with Crippen molar-refractivity contribution in [2.45, 2.75) is 12.5 Å². The van der Waals surface area contributed by atoms with E-state index in [4.69, 9.17) is 4.74 Å². The third-order valence-corrected chi connectivity index (χ3v) is 3.71. The van der Waals surface area contributed by atoms with Gasteiger partial charge in [-0.05, 0) is 37.3 Å². The monoisotopic (exact) mass is 374 g/mol. The van der Waals surface area contributed by atoms with Crippen molar-refractivity contribution in [3.63, 3.8) is 0 Å². The maximum atomic E-state index is 14.1. The van der Waals surface area contributed by atoms with Gasteiger partial charge in [-0.1, -0.05) is 0 Å². The minimum absolute atomic E-state index is 0.195. The minimum atomic E-state index is -3.33. The zero-order chi connectivity index (χ0) is 19.5. The molecule has 2 rings (SSSR count). The van der Waals surface area contributed by atoms with Crippen molar-refractivity contribution >= 4 is 13.2 Å². The Labute approximate surface area is 146 Å². The van der Waals surface area contributed by atoms with E-state index in [2.05, 4.69) is 4.65 Å². The maximum Gasteiger partial charge on any atom is 0.796 e. The smallest absolute Gasteiger partial charge is 0.505 e. The summed E-state index contributed by atoms with van der Waals surface area (Å²) in [7, 11) is -2.18. The molecule has 1 atom stereocenters. The summed E-state index contributed by atoms with van der Waals surface area (Å²) in [6.45, 7) is 1.29. The van der Waals surface area contributed by atoms with Crippen molar-refractivity contribution in [2.24, 2.45) is 0 Å². The second-order valence-electron chi connectivity index (χ2n) is 5.45. The van der Waals surface area contributed by atoms with Crippen LogP contribution in [0.3, 0.4) is 0 Å². The molecular weight excluding hydrogens is 361 g/mol. The highest BCUT2D eigenvalue weighted by molar-refractivity contribution is 6.36. The van der Waals surface area contributed by atoms with E-state index in [1.807, 2.05) is 0 Å². The number of halogens is 6. The van der Waals surface area contributed by atoms with Gasteiger partial charge in [-0.15, -0.1) is 0 Å². The van der Waals surface area contributed by atoms with Crippen LogP contribution in [-0.2, 0) is 15.0 Å². The molecule has 0 spiro atoms. The summed E-state index contributed by atoms with van der Waals surface area (Å²) < 4.78 is 89.4. The Morgan fingerprint density at radius 3 is 2.04 bits per heavy atom. The molecule has 0 saturated carbocycles. The summed E-state index contributed by atoms with van der Waals surface area (Å²) >= 11 is 0. The minimum Gasteiger partial charge on any atom is -0.505 e. The topological polar surface area (TPSA) is 18.5 Å². The Morgan fingerprint density at radius 2 is 1.54 bits per heavy atom. The highest BCUT2D eigenvalue weighted by Gasteiger charge is 2.31. The van der Waals surface area contributed by atoms with E-state index in [0.717, 1.165) is 37.5 Å². The summed E-state index contributed by atoms with van der Waals surface area (Å²) in [5.41, 5.74) is -2.38. The van der Waals surface area contributed by atoms with Gasteiger partial charge in [0.2, 0.25) is 0 Å². The summed E-state index contributed by atoms with van der Waals surface area (Å²) in [6.07, 6.45) is 0.909. The molecule has 2 aromatic carbocycles. The van der Waals surface area contributed by atoms with Crippen LogP contribution in [0.5, 0.6) is 0 Å². The van der Waals surface area contributed by atoms with Crippen molar-refractivity contribution in [2.75, 3.05) is 7.11 Å². The van der Waals surface area contributed by atoms with Crippen molar-refractivity contribution < 1.29 is 35.6 Å². The molecule has 0 radical (unpaired) electrons. The first-order chi connectivity index (χ1) is 12.2. The Bertz CT molecular complexity index is 827. The van der Waals surface area contributed by atoms with Crippen molar-refractivity contribution in [1.29, 1.82) is 0 Å². The molecule has 0 aliphatic carbocycles. The van der Waals surface area contributed by atoms with Crippen LogP contribution in [0.2, 0.25) is 0 Å². The fourth-order valence-corrected chi connectivity index (χ4v) is 2.35. The van der Waals surface area contributed by atoms with Crippen molar-refractivity contribution in [1.82, 2.24) is 0 Å². The molecule has 0 aliphatic heterocycles. The first kappa shape index (κ1) is 19.9. The fraction of sp³-hybridized carbons (Fsp3) is 0.176. The van der Waals surface area contributed by atoms with Crippen LogP contribution in [0.1, 0.15) is 18.1 Å². The highest BCUT2D eigenvalue weighted by Crippen LogP contribution is 2.34. The molecule has 0 aliphatic rings. The predicted octanol–water partition coefficient (Wildman–Crippen LogP) is 5.09. The van der Waals surface area contributed by atoms with Crippen LogP contribution in [0, 0.1) is 23.3 Å². The van der Waals surface area contributed by atoms with E-state index < -0.39 is 47.7 Å². The zero-order valence-electron chi connectivity index (χ0n) is 13.7. The molecule has 0 heterocycles. The van der Waals surface area contributed by atoms with E-state index in [1.165, 1.54) is 6.92 Å². The lowest BCUT2D eigenvalue weighted by molar-refractivity contribution is 0.0424. The molecule has 26 heavy (non-hydrogen) atoms. The largest absolute Gasteiger partial charge is 0.796 e. The number of rotatable bonds is 6. The molecule has 0 bridgehead atoms. The van der Waals surface area contributed by atoms with Crippen LogP contribution in [-0.4, -0.2) is 14.6 Å². The van der Waals surface area contributed by atoms with Crippen LogP contribution in [0.4, 0.5) is 26.2 Å². The van der Waals surface area contributed by atoms with Gasteiger partial charge in [0.1, 0.15) is 34.6 Å². The van der Waals surface area contributed by atoms with Crippen LogP contribution < -0.4 is 0 Å². The number of benzene rings is 2. The van der Waals surface area contributed by atoms with Gasteiger partial charge >= 0.3 is 7.47 Å². The van der Waals surface area contributed by atoms with E-state index in [1.54, 1.807) is 0 Å². The number of hydrogen-bond donors (Lipinski definition) is 0. The van der Waals surface area contributed by atoms with E-state index in [9.17, 15) is 26.2 Å². The zero-order valence-corrected chi connectivity index (χ0v) is 13.7. The van der Waals surface area contributed by atoms with Crippen molar-refractivity contribution in [3.8, 4) is 0 Å². The van der Waals surface area contributed by atoms with Gasteiger partial charge in [-0.3, -0.25) is 0 Å². The van der Waals surface area contributed by atoms with Crippen LogP contribution >= 0.6 is 0 Å². The Kier molecular flexibility index (Phi) is 6.02. The van der Waals surface area contributed by atoms with Gasteiger partial charge in [0, 0.05) is 24.8 Å². The highest BCUT2D eigenvalue weighted by atomic mass is 19.2. The molecule has 138 valence electrons. The molecule has 0 fully saturated rings. The quantitative estimate of drug-likeness (QED) is 0.399. The van der Waals surface area contributed by atoms with Gasteiger partial charge in [-0.2, -0.15) is 0 Å². The molecule has 2 aromatic rings. The second kappa shape index (κ2) is 7.86. The van der Waals surface area contributed by atoms with E-state index >= 15 is 0 Å². The molecule has 1 unspecified atom stereocenters. The first-order valence-corrected chi connectivity index (χ1v) is 7.30. The van der Waals surface area contributed by atoms with Gasteiger partial charge in [0.25, 0.3) is 0 Å². The molecule has 0 aromatic heterocycles. The Hall–Kier alpha value is -2.42. The molecule has 9 heteroatoms. The Balaban J connectivity index is 2.61. The van der Waals surface area contributed by atoms with Crippen LogP contribution in [0.25, 0.3) is 5.76 Å². The lowest BCUT2D eigenvalue weighted by Crippen LogP contribution is -2.24. The molecular formula is C17H13BF6O2. The Morgan fingerprint density at radius 1 is 0.962 bits per heavy atom. The fourth-order valence-electron chi connectivity index (χ4n) is 2.35. The third kappa shape index (κ3) is 4.40. The van der Waals surface area contributed by atoms with E-state index in [0.29, 0.717) is 12.1 Å². The second-order valence-corrected chi connectivity index (χ2v) is 5.45. The molecule has 0 saturated heterocycles. The molecule has 2 nitrogen and oxygen atoms in total. The van der Waals surface area contributed by atoms with Gasteiger partial charge in [0.05, 0.1) is 5.56 Å². The summed E-state index contributed by atoms with van der Waals surface area (Å²) in [4.78, 5) is 0.